The largest absolute Gasteiger partial charge is 0.355 e. The first kappa shape index (κ1) is 21.0. The first-order chi connectivity index (χ1) is 13.9. The molecule has 0 aromatic heterocycles. The Kier molecular flexibility index (Phi) is 7.00. The highest BCUT2D eigenvalue weighted by Gasteiger charge is 2.26. The van der Waals surface area contributed by atoms with Crippen molar-refractivity contribution in [3.8, 4) is 0 Å². The van der Waals surface area contributed by atoms with Gasteiger partial charge in [0.25, 0.3) is 0 Å². The fourth-order valence-electron chi connectivity index (χ4n) is 3.17. The molecular formula is C21H25N3O4S. The van der Waals surface area contributed by atoms with E-state index in [2.05, 4.69) is 10.6 Å². The number of nitrogens with zero attached hydrogens (tertiary/aromatic N) is 1. The van der Waals surface area contributed by atoms with E-state index < -0.39 is 10.0 Å². The van der Waals surface area contributed by atoms with Crippen LogP contribution in [0.5, 0.6) is 0 Å². The molecule has 1 aliphatic heterocycles. The van der Waals surface area contributed by atoms with Gasteiger partial charge in [-0.05, 0) is 42.7 Å². The van der Waals surface area contributed by atoms with Crippen LogP contribution in [0.1, 0.15) is 24.8 Å². The minimum absolute atomic E-state index is 0.133. The zero-order valence-electron chi connectivity index (χ0n) is 16.1. The predicted molar refractivity (Wildman–Crippen MR) is 111 cm³/mol. The van der Waals surface area contributed by atoms with Crippen LogP contribution in [0.25, 0.3) is 0 Å². The number of carbonyl (C=O) groups excluding carboxylic acids is 2. The number of nitrogens with one attached hydrogen (secondary N) is 2. The summed E-state index contributed by atoms with van der Waals surface area (Å²) in [7, 11) is -3.46. The van der Waals surface area contributed by atoms with Crippen LogP contribution in [0.3, 0.4) is 0 Å². The van der Waals surface area contributed by atoms with E-state index in [0.717, 1.165) is 18.4 Å². The summed E-state index contributed by atoms with van der Waals surface area (Å²) in [5.41, 5.74) is 1.43. The average molecular weight is 416 g/mol. The topological polar surface area (TPSA) is 95.6 Å². The number of hydrogen-bond acceptors (Lipinski definition) is 4. The molecule has 8 heteroatoms. The van der Waals surface area contributed by atoms with Crippen LogP contribution in [0.4, 0.5) is 5.69 Å². The molecule has 0 radical (unpaired) electrons. The molecule has 29 heavy (non-hydrogen) atoms. The van der Waals surface area contributed by atoms with Crippen LogP contribution in [-0.4, -0.2) is 44.2 Å². The zero-order chi connectivity index (χ0) is 20.7. The normalized spacial score (nSPS) is 14.5. The van der Waals surface area contributed by atoms with E-state index in [-0.39, 0.29) is 36.1 Å². The lowest BCUT2D eigenvalue weighted by Gasteiger charge is -2.15. The average Bonchev–Trinajstić information content (AvgIpc) is 3.25. The van der Waals surface area contributed by atoms with Crippen LogP contribution in [0.2, 0.25) is 0 Å². The van der Waals surface area contributed by atoms with E-state index in [0.29, 0.717) is 18.8 Å². The summed E-state index contributed by atoms with van der Waals surface area (Å²) in [6, 6.07) is 15.6. The van der Waals surface area contributed by atoms with E-state index in [1.807, 2.05) is 30.3 Å². The van der Waals surface area contributed by atoms with Gasteiger partial charge in [0.2, 0.25) is 21.8 Å². The van der Waals surface area contributed by atoms with E-state index in [1.165, 1.54) is 16.4 Å². The highest BCUT2D eigenvalue weighted by atomic mass is 32.2. The second kappa shape index (κ2) is 9.67. The summed E-state index contributed by atoms with van der Waals surface area (Å²) in [5, 5.41) is 5.44. The number of sulfonamides is 1. The lowest BCUT2D eigenvalue weighted by molar-refractivity contribution is -0.120. The molecule has 2 aromatic carbocycles. The molecular weight excluding hydrogens is 390 g/mol. The number of carbonyl (C=O) groups is 2. The molecule has 0 saturated carbocycles. The highest BCUT2D eigenvalue weighted by Crippen LogP contribution is 2.22. The van der Waals surface area contributed by atoms with Crippen molar-refractivity contribution in [2.45, 2.75) is 30.6 Å². The van der Waals surface area contributed by atoms with Crippen molar-refractivity contribution in [3.63, 3.8) is 0 Å². The second-order valence-corrected chi connectivity index (χ2v) is 8.88. The lowest BCUT2D eigenvalue weighted by atomic mass is 10.1. The first-order valence-electron chi connectivity index (χ1n) is 9.66. The van der Waals surface area contributed by atoms with Gasteiger partial charge in [-0.15, -0.1) is 0 Å². The molecule has 1 aliphatic rings. The lowest BCUT2D eigenvalue weighted by Crippen LogP contribution is -2.29. The Bertz CT molecular complexity index is 938. The number of amides is 2. The molecule has 7 nitrogen and oxygen atoms in total. The Balaban J connectivity index is 1.44. The van der Waals surface area contributed by atoms with Crippen LogP contribution < -0.4 is 10.6 Å². The Hall–Kier alpha value is -2.71. The van der Waals surface area contributed by atoms with Gasteiger partial charge < -0.3 is 10.6 Å². The smallest absolute Gasteiger partial charge is 0.243 e. The summed E-state index contributed by atoms with van der Waals surface area (Å²) in [6.07, 6.45) is 2.17. The Labute approximate surface area is 171 Å². The van der Waals surface area contributed by atoms with Crippen molar-refractivity contribution in [1.29, 1.82) is 0 Å². The Morgan fingerprint density at radius 3 is 2.21 bits per heavy atom. The van der Waals surface area contributed by atoms with Gasteiger partial charge in [0, 0.05) is 31.7 Å². The summed E-state index contributed by atoms with van der Waals surface area (Å²) in [6.45, 7) is 1.34. The van der Waals surface area contributed by atoms with Crippen LogP contribution >= 0.6 is 0 Å². The Morgan fingerprint density at radius 2 is 1.55 bits per heavy atom. The summed E-state index contributed by atoms with van der Waals surface area (Å²) < 4.78 is 26.5. The van der Waals surface area contributed by atoms with Gasteiger partial charge in [0.05, 0.1) is 11.3 Å². The Morgan fingerprint density at radius 1 is 0.897 bits per heavy atom. The zero-order valence-corrected chi connectivity index (χ0v) is 17.0. The maximum absolute atomic E-state index is 12.5. The van der Waals surface area contributed by atoms with Crippen molar-refractivity contribution < 1.29 is 18.0 Å². The van der Waals surface area contributed by atoms with Crippen LogP contribution in [0.15, 0.2) is 59.5 Å². The minimum atomic E-state index is -3.46. The number of anilines is 1. The van der Waals surface area contributed by atoms with Gasteiger partial charge in [-0.2, -0.15) is 4.31 Å². The third-order valence-corrected chi connectivity index (χ3v) is 6.64. The number of hydrogen-bond donors (Lipinski definition) is 2. The summed E-state index contributed by atoms with van der Waals surface area (Å²) in [4.78, 5) is 24.2. The molecule has 1 heterocycles. The van der Waals surface area contributed by atoms with E-state index in [9.17, 15) is 18.0 Å². The third kappa shape index (κ3) is 5.88. The standard InChI is InChI=1S/C21H25N3O4S/c25-20(12-13-22-21(26)16-17-6-2-1-3-7-17)23-18-8-10-19(11-9-18)29(27,28)24-14-4-5-15-24/h1-3,6-11H,4-5,12-16H2,(H,22,26)(H,23,25). The highest BCUT2D eigenvalue weighted by molar-refractivity contribution is 7.89. The molecule has 2 aromatic rings. The minimum Gasteiger partial charge on any atom is -0.355 e. The number of rotatable bonds is 8. The van der Waals surface area contributed by atoms with Gasteiger partial charge in [-0.25, -0.2) is 8.42 Å². The first-order valence-corrected chi connectivity index (χ1v) is 11.1. The summed E-state index contributed by atoms with van der Waals surface area (Å²) in [5.74, 6) is -0.388. The van der Waals surface area contributed by atoms with Gasteiger partial charge in [-0.1, -0.05) is 30.3 Å². The van der Waals surface area contributed by atoms with Crippen molar-refractivity contribution >= 4 is 27.5 Å². The van der Waals surface area contributed by atoms with Crippen molar-refractivity contribution in [1.82, 2.24) is 9.62 Å². The maximum atomic E-state index is 12.5. The number of benzene rings is 2. The van der Waals surface area contributed by atoms with Gasteiger partial charge in [-0.3, -0.25) is 9.59 Å². The van der Waals surface area contributed by atoms with E-state index in [4.69, 9.17) is 0 Å². The van der Waals surface area contributed by atoms with E-state index in [1.54, 1.807) is 12.1 Å². The van der Waals surface area contributed by atoms with Crippen LogP contribution in [0, 0.1) is 0 Å². The van der Waals surface area contributed by atoms with Crippen molar-refractivity contribution in [3.05, 3.63) is 60.2 Å². The van der Waals surface area contributed by atoms with Crippen LogP contribution in [-0.2, 0) is 26.0 Å². The van der Waals surface area contributed by atoms with Crippen molar-refractivity contribution in [2.75, 3.05) is 25.0 Å². The molecule has 3 rings (SSSR count). The molecule has 1 fully saturated rings. The molecule has 0 unspecified atom stereocenters. The SMILES string of the molecule is O=C(Cc1ccccc1)NCCC(=O)Nc1ccc(S(=O)(=O)N2CCCC2)cc1. The molecule has 0 spiro atoms. The van der Waals surface area contributed by atoms with Gasteiger partial charge >= 0.3 is 0 Å². The van der Waals surface area contributed by atoms with Gasteiger partial charge in [0.15, 0.2) is 0 Å². The molecule has 2 N–H and O–H groups in total. The quantitative estimate of drug-likeness (QED) is 0.691. The molecule has 0 atom stereocenters. The molecule has 154 valence electrons. The molecule has 0 aliphatic carbocycles. The fourth-order valence-corrected chi connectivity index (χ4v) is 4.69. The van der Waals surface area contributed by atoms with E-state index >= 15 is 0 Å². The molecule has 2 amide bonds. The van der Waals surface area contributed by atoms with Gasteiger partial charge in [0.1, 0.15) is 0 Å². The summed E-state index contributed by atoms with van der Waals surface area (Å²) >= 11 is 0. The second-order valence-electron chi connectivity index (χ2n) is 6.95. The van der Waals surface area contributed by atoms with Crippen molar-refractivity contribution in [2.24, 2.45) is 0 Å². The third-order valence-electron chi connectivity index (χ3n) is 4.72. The monoisotopic (exact) mass is 415 g/mol. The predicted octanol–water partition coefficient (Wildman–Crippen LogP) is 2.16. The molecule has 0 bridgehead atoms. The maximum Gasteiger partial charge on any atom is 0.243 e. The molecule has 1 saturated heterocycles. The fraction of sp³-hybridized carbons (Fsp3) is 0.333.